The van der Waals surface area contributed by atoms with Crippen LogP contribution in [0.4, 0.5) is 18.9 Å². The fraction of sp³-hybridized carbons (Fsp3) is 0.150. The molecule has 0 aliphatic rings. The van der Waals surface area contributed by atoms with Gasteiger partial charge in [-0.05, 0) is 48.9 Å². The molecule has 30 heavy (non-hydrogen) atoms. The number of nitrogens with zero attached hydrogens (tertiary/aromatic N) is 2. The quantitative estimate of drug-likeness (QED) is 0.605. The Labute approximate surface area is 174 Å². The van der Waals surface area contributed by atoms with Gasteiger partial charge in [0.2, 0.25) is 0 Å². The number of nitrogens with two attached hydrogens (primary N) is 1. The van der Waals surface area contributed by atoms with E-state index in [1.807, 2.05) is 0 Å². The molecular weight excluding hydrogens is 421 g/mol. The number of amides is 1. The molecule has 1 heterocycles. The molecule has 0 spiro atoms. The molecule has 1 atom stereocenters. The Kier molecular flexibility index (Phi) is 5.84. The monoisotopic (exact) mass is 436 g/mol. The second-order valence-corrected chi connectivity index (χ2v) is 6.91. The number of carbonyl (C=O) groups excluding carboxylic acids is 1. The van der Waals surface area contributed by atoms with E-state index in [1.165, 1.54) is 19.1 Å². The molecule has 3 N–H and O–H groups in total. The van der Waals surface area contributed by atoms with Gasteiger partial charge in [0.25, 0.3) is 11.5 Å². The zero-order valence-electron chi connectivity index (χ0n) is 15.6. The Balaban J connectivity index is 1.88. The van der Waals surface area contributed by atoms with E-state index >= 15 is 0 Å². The summed E-state index contributed by atoms with van der Waals surface area (Å²) in [7, 11) is 0. The predicted molar refractivity (Wildman–Crippen MR) is 107 cm³/mol. The van der Waals surface area contributed by atoms with Crippen LogP contribution in [-0.2, 0) is 6.18 Å². The summed E-state index contributed by atoms with van der Waals surface area (Å²) in [5.74, 6) is -0.681. The van der Waals surface area contributed by atoms with Crippen molar-refractivity contribution in [1.29, 1.82) is 0 Å². The van der Waals surface area contributed by atoms with Gasteiger partial charge in [-0.2, -0.15) is 23.0 Å². The van der Waals surface area contributed by atoms with Crippen LogP contribution in [0.1, 0.15) is 34.6 Å². The summed E-state index contributed by atoms with van der Waals surface area (Å²) >= 11 is 6.09. The first-order chi connectivity index (χ1) is 14.1. The molecule has 156 valence electrons. The van der Waals surface area contributed by atoms with Crippen molar-refractivity contribution in [2.45, 2.75) is 19.1 Å². The largest absolute Gasteiger partial charge is 0.416 e. The molecule has 0 saturated heterocycles. The highest BCUT2D eigenvalue weighted by atomic mass is 35.5. The molecule has 0 bridgehead atoms. The third kappa shape index (κ3) is 4.62. The van der Waals surface area contributed by atoms with Crippen molar-refractivity contribution in [2.75, 3.05) is 5.73 Å². The summed E-state index contributed by atoms with van der Waals surface area (Å²) in [6.07, 6.45) is -4.57. The molecule has 0 radical (unpaired) electrons. The van der Waals surface area contributed by atoms with Crippen LogP contribution >= 0.6 is 11.6 Å². The lowest BCUT2D eigenvalue weighted by Crippen LogP contribution is -2.31. The van der Waals surface area contributed by atoms with Gasteiger partial charge in [0.1, 0.15) is 5.69 Å². The highest BCUT2D eigenvalue weighted by Gasteiger charge is 2.31. The van der Waals surface area contributed by atoms with Crippen molar-refractivity contribution in [1.82, 2.24) is 15.1 Å². The van der Waals surface area contributed by atoms with Crippen molar-refractivity contribution in [3.8, 4) is 5.69 Å². The number of para-hydroxylation sites is 1. The molecule has 1 aromatic heterocycles. The molecule has 0 aliphatic carbocycles. The third-order valence-electron chi connectivity index (χ3n) is 4.27. The van der Waals surface area contributed by atoms with Crippen molar-refractivity contribution in [3.05, 3.63) is 86.8 Å². The summed E-state index contributed by atoms with van der Waals surface area (Å²) in [5, 5.41) is 6.85. The molecule has 0 unspecified atom stereocenters. The maximum Gasteiger partial charge on any atom is 0.416 e. The minimum Gasteiger partial charge on any atom is -0.399 e. The molecule has 3 rings (SSSR count). The van der Waals surface area contributed by atoms with Crippen molar-refractivity contribution < 1.29 is 18.0 Å². The van der Waals surface area contributed by atoms with Crippen molar-refractivity contribution in [2.24, 2.45) is 0 Å². The van der Waals surface area contributed by atoms with Crippen LogP contribution in [0.3, 0.4) is 0 Å². The summed E-state index contributed by atoms with van der Waals surface area (Å²) in [6, 6.07) is 11.1. The second kappa shape index (κ2) is 8.19. The van der Waals surface area contributed by atoms with E-state index in [0.717, 1.165) is 22.9 Å². The summed E-state index contributed by atoms with van der Waals surface area (Å²) in [4.78, 5) is 24.7. The number of anilines is 1. The van der Waals surface area contributed by atoms with E-state index in [4.69, 9.17) is 17.3 Å². The first kappa shape index (κ1) is 21.4. The lowest BCUT2D eigenvalue weighted by atomic mass is 10.0. The first-order valence-corrected chi connectivity index (χ1v) is 9.08. The highest BCUT2D eigenvalue weighted by Crippen LogP contribution is 2.32. The molecule has 10 heteroatoms. The van der Waals surface area contributed by atoms with E-state index in [2.05, 4.69) is 10.4 Å². The van der Waals surface area contributed by atoms with E-state index in [-0.39, 0.29) is 27.7 Å². The van der Waals surface area contributed by atoms with Crippen molar-refractivity contribution >= 4 is 23.2 Å². The molecular formula is C20H16ClF3N4O2. The fourth-order valence-electron chi connectivity index (χ4n) is 2.77. The minimum absolute atomic E-state index is 0.0775. The number of carbonyl (C=O) groups is 1. The molecule has 0 fully saturated rings. The number of aromatic nitrogens is 2. The second-order valence-electron chi connectivity index (χ2n) is 6.50. The predicted octanol–water partition coefficient (Wildman–Crippen LogP) is 3.98. The van der Waals surface area contributed by atoms with Crippen LogP contribution in [0.25, 0.3) is 5.69 Å². The van der Waals surface area contributed by atoms with Gasteiger partial charge in [0.05, 0.1) is 22.3 Å². The number of hydrogen-bond donors (Lipinski definition) is 2. The van der Waals surface area contributed by atoms with E-state index < -0.39 is 29.2 Å². The number of nitrogens with one attached hydrogen (secondary N) is 1. The molecule has 1 amide bonds. The Bertz CT molecular complexity index is 1160. The Hall–Kier alpha value is -3.33. The molecule has 0 saturated carbocycles. The SMILES string of the molecule is C[C@@H](NC(=O)c1ccc(=O)n(-c2ccccc2Cl)n1)c1cc(N)cc(C(F)(F)F)c1. The molecule has 6 nitrogen and oxygen atoms in total. The minimum atomic E-state index is -4.57. The van der Waals surface area contributed by atoms with Gasteiger partial charge in [-0.25, -0.2) is 0 Å². The smallest absolute Gasteiger partial charge is 0.399 e. The lowest BCUT2D eigenvalue weighted by Gasteiger charge is -2.17. The number of halogens is 4. The van der Waals surface area contributed by atoms with Crippen molar-refractivity contribution in [3.63, 3.8) is 0 Å². The fourth-order valence-corrected chi connectivity index (χ4v) is 2.99. The van der Waals surface area contributed by atoms with Crippen LogP contribution in [0.2, 0.25) is 5.02 Å². The maximum absolute atomic E-state index is 13.0. The zero-order valence-corrected chi connectivity index (χ0v) is 16.3. The standard InChI is InChI=1S/C20H16ClF3N4O2/c1-11(12-8-13(20(22,23)24)10-14(25)9-12)26-19(30)16-6-7-18(29)28(27-16)17-5-3-2-4-15(17)21/h2-11H,25H2,1H3,(H,26,30)/t11-/m1/s1. The maximum atomic E-state index is 13.0. The summed E-state index contributed by atoms with van der Waals surface area (Å²) < 4.78 is 40.0. The summed E-state index contributed by atoms with van der Waals surface area (Å²) in [5.41, 5.74) is 4.44. The zero-order chi connectivity index (χ0) is 22.1. The normalized spacial score (nSPS) is 12.4. The average Bonchev–Trinajstić information content (AvgIpc) is 2.67. The summed E-state index contributed by atoms with van der Waals surface area (Å²) in [6.45, 7) is 1.51. The lowest BCUT2D eigenvalue weighted by molar-refractivity contribution is -0.137. The molecule has 3 aromatic rings. The molecule has 0 aliphatic heterocycles. The third-order valence-corrected chi connectivity index (χ3v) is 4.59. The first-order valence-electron chi connectivity index (χ1n) is 8.70. The number of rotatable bonds is 4. The van der Waals surface area contributed by atoms with Gasteiger partial charge in [-0.15, -0.1) is 0 Å². The van der Waals surface area contributed by atoms with E-state index in [9.17, 15) is 22.8 Å². The van der Waals surface area contributed by atoms with E-state index in [1.54, 1.807) is 24.3 Å². The Morgan fingerprint density at radius 2 is 1.87 bits per heavy atom. The number of hydrogen-bond acceptors (Lipinski definition) is 4. The highest BCUT2D eigenvalue weighted by molar-refractivity contribution is 6.32. The topological polar surface area (TPSA) is 90.0 Å². The van der Waals surface area contributed by atoms with Crippen LogP contribution in [0.5, 0.6) is 0 Å². The van der Waals surface area contributed by atoms with Gasteiger partial charge in [-0.1, -0.05) is 23.7 Å². The van der Waals surface area contributed by atoms with Gasteiger partial charge in [-0.3, -0.25) is 9.59 Å². The van der Waals surface area contributed by atoms with Crippen LogP contribution in [0.15, 0.2) is 59.4 Å². The van der Waals surface area contributed by atoms with Gasteiger partial charge >= 0.3 is 6.18 Å². The number of benzene rings is 2. The average molecular weight is 437 g/mol. The van der Waals surface area contributed by atoms with Crippen LogP contribution in [0, 0.1) is 0 Å². The van der Waals surface area contributed by atoms with E-state index in [0.29, 0.717) is 0 Å². The Morgan fingerprint density at radius 3 is 2.53 bits per heavy atom. The van der Waals surface area contributed by atoms with Gasteiger partial charge < -0.3 is 11.1 Å². The van der Waals surface area contributed by atoms with Gasteiger partial charge in [0, 0.05) is 11.8 Å². The van der Waals surface area contributed by atoms with Crippen LogP contribution in [-0.4, -0.2) is 15.7 Å². The van der Waals surface area contributed by atoms with Crippen LogP contribution < -0.4 is 16.6 Å². The molecule has 2 aromatic carbocycles. The number of nitrogen functional groups attached to an aromatic ring is 1. The number of alkyl halides is 3. The van der Waals surface area contributed by atoms with Gasteiger partial charge in [0.15, 0.2) is 0 Å². The Morgan fingerprint density at radius 1 is 1.17 bits per heavy atom.